The number of rotatable bonds is 1. The summed E-state index contributed by atoms with van der Waals surface area (Å²) >= 11 is 0. The van der Waals surface area contributed by atoms with E-state index < -0.39 is 10.7 Å². The molecule has 10 heavy (non-hydrogen) atoms. The second kappa shape index (κ2) is 2.43. The first-order valence-corrected chi connectivity index (χ1v) is 2.52. The number of nitrogens with zero attached hydrogens (tertiary/aromatic N) is 1. The molecule has 0 aliphatic heterocycles. The predicted octanol–water partition coefficient (Wildman–Crippen LogP) is 1.53. The predicted molar refractivity (Wildman–Crippen MR) is 31.9 cm³/mol. The lowest BCUT2D eigenvalue weighted by atomic mass is 10.3. The first kappa shape index (κ1) is 6.67. The zero-order chi connectivity index (χ0) is 7.56. The van der Waals surface area contributed by atoms with Gasteiger partial charge in [0.25, 0.3) is 5.69 Å². The molecule has 1 aromatic carbocycles. The van der Waals surface area contributed by atoms with Gasteiger partial charge < -0.3 is 0 Å². The molecular weight excluding hydrogens is 137 g/mol. The minimum Gasteiger partial charge on any atom is -0.258 e. The fraction of sp³-hybridized carbons (Fsp3) is 0. The Morgan fingerprint density at radius 1 is 1.60 bits per heavy atom. The minimum atomic E-state index is -0.601. The van der Waals surface area contributed by atoms with Crippen molar-refractivity contribution in [3.63, 3.8) is 0 Å². The number of hydrogen-bond donors (Lipinski definition) is 0. The van der Waals surface area contributed by atoms with Crippen molar-refractivity contribution in [3.8, 4) is 0 Å². The van der Waals surface area contributed by atoms with Gasteiger partial charge in [-0.1, -0.05) is 0 Å². The van der Waals surface area contributed by atoms with Crippen molar-refractivity contribution in [1.82, 2.24) is 0 Å². The minimum absolute atomic E-state index is 0.151. The Bertz CT molecular complexity index is 244. The van der Waals surface area contributed by atoms with Gasteiger partial charge in [-0.15, -0.1) is 0 Å². The molecule has 0 saturated carbocycles. The SMILES string of the molecule is O=[N+]([O-])c1c[c]c(F)cc1. The van der Waals surface area contributed by atoms with Crippen LogP contribution >= 0.6 is 0 Å². The van der Waals surface area contributed by atoms with Gasteiger partial charge in [-0.25, -0.2) is 4.39 Å². The van der Waals surface area contributed by atoms with Crippen molar-refractivity contribution in [1.29, 1.82) is 0 Å². The van der Waals surface area contributed by atoms with Crippen molar-refractivity contribution in [2.24, 2.45) is 0 Å². The van der Waals surface area contributed by atoms with Gasteiger partial charge in [0.05, 0.1) is 4.92 Å². The van der Waals surface area contributed by atoms with E-state index in [0.29, 0.717) is 0 Å². The fourth-order valence-electron chi connectivity index (χ4n) is 0.511. The lowest BCUT2D eigenvalue weighted by Gasteiger charge is -1.87. The highest BCUT2D eigenvalue weighted by Gasteiger charge is 2.02. The third kappa shape index (κ3) is 1.28. The maximum atomic E-state index is 12.1. The average molecular weight is 140 g/mol. The van der Waals surface area contributed by atoms with Crippen molar-refractivity contribution in [2.45, 2.75) is 0 Å². The lowest BCUT2D eigenvalue weighted by molar-refractivity contribution is -0.384. The highest BCUT2D eigenvalue weighted by molar-refractivity contribution is 5.28. The molecule has 0 atom stereocenters. The number of nitro benzene ring substituents is 1. The summed E-state index contributed by atoms with van der Waals surface area (Å²) in [7, 11) is 0. The standard InChI is InChI=1S/C6H3FNO2/c7-5-1-3-6(4-2-5)8(9)10/h1,3-4H. The molecule has 0 spiro atoms. The van der Waals surface area contributed by atoms with Crippen LogP contribution in [0.3, 0.4) is 0 Å². The van der Waals surface area contributed by atoms with Crippen LogP contribution in [0.2, 0.25) is 0 Å². The average Bonchev–Trinajstić information content (AvgIpc) is 1.88. The van der Waals surface area contributed by atoms with E-state index in [1.54, 1.807) is 0 Å². The number of halogens is 1. The Labute approximate surface area is 56.2 Å². The van der Waals surface area contributed by atoms with E-state index in [0.717, 1.165) is 18.2 Å². The van der Waals surface area contributed by atoms with Crippen LogP contribution in [0.25, 0.3) is 0 Å². The van der Waals surface area contributed by atoms with E-state index in [1.165, 1.54) is 0 Å². The van der Waals surface area contributed by atoms with Crippen LogP contribution in [0.1, 0.15) is 0 Å². The highest BCUT2D eigenvalue weighted by Crippen LogP contribution is 2.09. The Balaban J connectivity index is 3.00. The van der Waals surface area contributed by atoms with Gasteiger partial charge in [0.15, 0.2) is 0 Å². The molecule has 1 aromatic rings. The van der Waals surface area contributed by atoms with Crippen LogP contribution in [0.4, 0.5) is 10.1 Å². The molecule has 1 radical (unpaired) electrons. The van der Waals surface area contributed by atoms with Crippen LogP contribution in [0.5, 0.6) is 0 Å². The van der Waals surface area contributed by atoms with E-state index in [1.807, 2.05) is 0 Å². The second-order valence-electron chi connectivity index (χ2n) is 1.65. The highest BCUT2D eigenvalue weighted by atomic mass is 19.1. The summed E-state index contributed by atoms with van der Waals surface area (Å²) in [6.07, 6.45) is 0. The van der Waals surface area contributed by atoms with Crippen molar-refractivity contribution in [2.75, 3.05) is 0 Å². The van der Waals surface area contributed by atoms with Gasteiger partial charge in [0, 0.05) is 18.2 Å². The van der Waals surface area contributed by atoms with Crippen LogP contribution in [0.15, 0.2) is 18.2 Å². The number of non-ortho nitro benzene ring substituents is 1. The molecule has 0 N–H and O–H groups in total. The Hall–Kier alpha value is -1.45. The quantitative estimate of drug-likeness (QED) is 0.438. The monoisotopic (exact) mass is 140 g/mol. The summed E-state index contributed by atoms with van der Waals surface area (Å²) in [5.41, 5.74) is -0.151. The molecular formula is C6H3FNO2. The van der Waals surface area contributed by atoms with Crippen molar-refractivity contribution in [3.05, 3.63) is 40.2 Å². The van der Waals surface area contributed by atoms with Crippen LogP contribution in [-0.4, -0.2) is 4.92 Å². The summed E-state index contributed by atoms with van der Waals surface area (Å²) in [6, 6.07) is 5.16. The molecule has 51 valence electrons. The molecule has 4 heteroatoms. The molecule has 1 rings (SSSR count). The van der Waals surface area contributed by atoms with Crippen molar-refractivity contribution < 1.29 is 9.31 Å². The normalized spacial score (nSPS) is 9.30. The third-order valence-corrected chi connectivity index (χ3v) is 0.969. The molecule has 0 heterocycles. The fourth-order valence-corrected chi connectivity index (χ4v) is 0.511. The smallest absolute Gasteiger partial charge is 0.258 e. The summed E-state index contributed by atoms with van der Waals surface area (Å²) in [5, 5.41) is 9.98. The summed E-state index contributed by atoms with van der Waals surface area (Å²) in [4.78, 5) is 9.37. The molecule has 0 aliphatic rings. The van der Waals surface area contributed by atoms with Gasteiger partial charge in [0.1, 0.15) is 5.82 Å². The molecule has 0 saturated heterocycles. The molecule has 0 aromatic heterocycles. The topological polar surface area (TPSA) is 43.1 Å². The molecule has 0 aliphatic carbocycles. The molecule has 0 bridgehead atoms. The van der Waals surface area contributed by atoms with Gasteiger partial charge >= 0.3 is 0 Å². The molecule has 0 unspecified atom stereocenters. The zero-order valence-electron chi connectivity index (χ0n) is 4.87. The van der Waals surface area contributed by atoms with E-state index in [-0.39, 0.29) is 5.69 Å². The summed E-state index contributed by atoms with van der Waals surface area (Å²) < 4.78 is 12.1. The Morgan fingerprint density at radius 2 is 2.30 bits per heavy atom. The number of benzene rings is 1. The second-order valence-corrected chi connectivity index (χ2v) is 1.65. The lowest BCUT2D eigenvalue weighted by Crippen LogP contribution is -1.86. The third-order valence-electron chi connectivity index (χ3n) is 0.969. The first-order chi connectivity index (χ1) is 4.70. The van der Waals surface area contributed by atoms with E-state index in [2.05, 4.69) is 6.07 Å². The largest absolute Gasteiger partial charge is 0.270 e. The maximum absolute atomic E-state index is 12.1. The van der Waals surface area contributed by atoms with E-state index in [4.69, 9.17) is 0 Å². The summed E-state index contributed by atoms with van der Waals surface area (Å²) in [5.74, 6) is -0.592. The maximum Gasteiger partial charge on any atom is 0.270 e. The first-order valence-electron chi connectivity index (χ1n) is 2.52. The van der Waals surface area contributed by atoms with Gasteiger partial charge in [0.2, 0.25) is 0 Å². The Morgan fingerprint density at radius 3 is 2.70 bits per heavy atom. The van der Waals surface area contributed by atoms with Gasteiger partial charge in [-0.3, -0.25) is 10.1 Å². The van der Waals surface area contributed by atoms with Crippen molar-refractivity contribution >= 4 is 5.69 Å². The van der Waals surface area contributed by atoms with Crippen LogP contribution < -0.4 is 0 Å². The number of nitro groups is 1. The molecule has 0 fully saturated rings. The van der Waals surface area contributed by atoms with Gasteiger partial charge in [-0.05, 0) is 6.07 Å². The van der Waals surface area contributed by atoms with E-state index >= 15 is 0 Å². The van der Waals surface area contributed by atoms with Gasteiger partial charge in [-0.2, -0.15) is 0 Å². The zero-order valence-corrected chi connectivity index (χ0v) is 4.87. The number of hydrogen-bond acceptors (Lipinski definition) is 2. The van der Waals surface area contributed by atoms with Crippen LogP contribution in [-0.2, 0) is 0 Å². The summed E-state index contributed by atoms with van der Waals surface area (Å²) in [6.45, 7) is 0. The Kier molecular flexibility index (Phi) is 1.62. The molecule has 0 amide bonds. The van der Waals surface area contributed by atoms with E-state index in [9.17, 15) is 14.5 Å². The molecule has 3 nitrogen and oxygen atoms in total. The van der Waals surface area contributed by atoms with Crippen LogP contribution in [0, 0.1) is 22.0 Å².